The molecule has 43 heavy (non-hydrogen) atoms. The molecule has 4 N–H and O–H groups in total. The minimum absolute atomic E-state index is 0.00569. The number of rotatable bonds is 9. The van der Waals surface area contributed by atoms with Gasteiger partial charge in [0.25, 0.3) is 0 Å². The maximum atomic E-state index is 9.69. The highest BCUT2D eigenvalue weighted by Gasteiger charge is 2.38. The van der Waals surface area contributed by atoms with E-state index in [0.717, 1.165) is 39.1 Å². The van der Waals surface area contributed by atoms with Crippen molar-refractivity contribution in [1.29, 1.82) is 0 Å². The SMILES string of the molecule is C[C@@H]1[C@H](CSc2nnnn2-c2ccc(O)cc2)O[C@H](c2cccc(-c3cccc(CN)c3)c2)O[C@@H]1c1ccc(CO)cc1. The van der Waals surface area contributed by atoms with Crippen LogP contribution in [-0.4, -0.2) is 42.3 Å². The highest BCUT2D eigenvalue weighted by Crippen LogP contribution is 2.43. The minimum Gasteiger partial charge on any atom is -0.508 e. The van der Waals surface area contributed by atoms with Crippen molar-refractivity contribution < 1.29 is 19.7 Å². The lowest BCUT2D eigenvalue weighted by Gasteiger charge is -2.41. The average Bonchev–Trinajstić information content (AvgIpc) is 3.53. The Morgan fingerprint density at radius 3 is 2.35 bits per heavy atom. The van der Waals surface area contributed by atoms with Crippen LogP contribution in [-0.2, 0) is 22.6 Å². The van der Waals surface area contributed by atoms with Gasteiger partial charge in [0.1, 0.15) is 5.75 Å². The van der Waals surface area contributed by atoms with Crippen LogP contribution in [0.2, 0.25) is 0 Å². The van der Waals surface area contributed by atoms with Gasteiger partial charge in [0.15, 0.2) is 6.29 Å². The van der Waals surface area contributed by atoms with Gasteiger partial charge < -0.3 is 25.4 Å². The maximum Gasteiger partial charge on any atom is 0.214 e. The van der Waals surface area contributed by atoms with Gasteiger partial charge in [-0.3, -0.25) is 0 Å². The van der Waals surface area contributed by atoms with Gasteiger partial charge in [-0.15, -0.1) is 5.10 Å². The van der Waals surface area contributed by atoms with Gasteiger partial charge in [-0.1, -0.05) is 79.3 Å². The van der Waals surface area contributed by atoms with Crippen molar-refractivity contribution in [3.05, 3.63) is 119 Å². The highest BCUT2D eigenvalue weighted by molar-refractivity contribution is 7.99. The summed E-state index contributed by atoms with van der Waals surface area (Å²) >= 11 is 1.51. The topological polar surface area (TPSA) is 129 Å². The first-order chi connectivity index (χ1) is 21.0. The molecule has 6 rings (SSSR count). The van der Waals surface area contributed by atoms with E-state index in [1.165, 1.54) is 11.8 Å². The fraction of sp³-hybridized carbons (Fsp3) is 0.242. The standard InChI is InChI=1S/C33H33N5O4S/c1-21-30(20-43-33-35-36-37-38(33)28-12-14-29(40)15-13-28)41-32(42-31(21)24-10-8-22(19-39)9-11-24)27-7-3-6-26(17-27)25-5-2-4-23(16-25)18-34/h2-17,21,30-32,39-40H,18-20,34H2,1H3/t21-,30+,31+,32+/m1/s1. The highest BCUT2D eigenvalue weighted by atomic mass is 32.2. The van der Waals surface area contributed by atoms with E-state index >= 15 is 0 Å². The second kappa shape index (κ2) is 13.1. The van der Waals surface area contributed by atoms with Gasteiger partial charge in [-0.25, -0.2) is 0 Å². The largest absolute Gasteiger partial charge is 0.508 e. The summed E-state index contributed by atoms with van der Waals surface area (Å²) in [6.07, 6.45) is -1.04. The molecule has 1 aromatic heterocycles. The van der Waals surface area contributed by atoms with E-state index in [-0.39, 0.29) is 30.5 Å². The summed E-state index contributed by atoms with van der Waals surface area (Å²) in [6, 6.07) is 31.1. The molecule has 0 amide bonds. The lowest BCUT2D eigenvalue weighted by atomic mass is 9.91. The van der Waals surface area contributed by atoms with Gasteiger partial charge in [0.2, 0.25) is 5.16 Å². The molecular weight excluding hydrogens is 562 g/mol. The van der Waals surface area contributed by atoms with Crippen molar-refractivity contribution in [2.45, 2.75) is 43.7 Å². The van der Waals surface area contributed by atoms with Crippen LogP contribution in [0.3, 0.4) is 0 Å². The van der Waals surface area contributed by atoms with Crippen LogP contribution < -0.4 is 5.73 Å². The number of aromatic nitrogens is 4. The molecule has 4 aromatic carbocycles. The molecule has 0 aliphatic carbocycles. The minimum atomic E-state index is -0.602. The zero-order valence-corrected chi connectivity index (χ0v) is 24.5. The summed E-state index contributed by atoms with van der Waals surface area (Å²) in [5.74, 6) is 0.769. The van der Waals surface area contributed by atoms with Crippen molar-refractivity contribution in [2.75, 3.05) is 5.75 Å². The molecule has 10 heteroatoms. The van der Waals surface area contributed by atoms with E-state index in [2.05, 4.69) is 46.7 Å². The van der Waals surface area contributed by atoms with Gasteiger partial charge in [-0.05, 0) is 74.6 Å². The summed E-state index contributed by atoms with van der Waals surface area (Å²) in [5, 5.41) is 32.1. The van der Waals surface area contributed by atoms with Crippen molar-refractivity contribution in [3.63, 3.8) is 0 Å². The van der Waals surface area contributed by atoms with Gasteiger partial charge in [0.05, 0.1) is 24.5 Å². The van der Waals surface area contributed by atoms with Crippen LogP contribution in [0.5, 0.6) is 5.75 Å². The van der Waals surface area contributed by atoms with E-state index in [4.69, 9.17) is 15.2 Å². The van der Waals surface area contributed by atoms with Gasteiger partial charge >= 0.3 is 0 Å². The molecule has 1 saturated heterocycles. The molecule has 220 valence electrons. The molecule has 1 aliphatic heterocycles. The van der Waals surface area contributed by atoms with Crippen LogP contribution in [0.25, 0.3) is 16.8 Å². The molecule has 9 nitrogen and oxygen atoms in total. The number of phenolic OH excluding ortho intramolecular Hbond substituents is 1. The van der Waals surface area contributed by atoms with E-state index in [0.29, 0.717) is 17.5 Å². The van der Waals surface area contributed by atoms with E-state index in [1.54, 1.807) is 28.9 Å². The lowest BCUT2D eigenvalue weighted by molar-refractivity contribution is -0.268. The number of benzene rings is 4. The Labute approximate surface area is 254 Å². The molecule has 1 aliphatic rings. The molecule has 0 unspecified atom stereocenters. The van der Waals surface area contributed by atoms with E-state index < -0.39 is 6.29 Å². The van der Waals surface area contributed by atoms with Crippen LogP contribution in [0, 0.1) is 5.92 Å². The molecule has 5 aromatic rings. The van der Waals surface area contributed by atoms with Gasteiger partial charge in [0, 0.05) is 23.8 Å². The molecular formula is C33H33N5O4S. The molecule has 0 saturated carbocycles. The normalized spacial score (nSPS) is 20.3. The number of aromatic hydroxyl groups is 1. The van der Waals surface area contributed by atoms with Crippen molar-refractivity contribution in [1.82, 2.24) is 20.2 Å². The predicted molar refractivity (Wildman–Crippen MR) is 164 cm³/mol. The summed E-state index contributed by atoms with van der Waals surface area (Å²) in [6.45, 7) is 2.59. The Hall–Kier alpha value is -4.06. The number of aliphatic hydroxyl groups excluding tert-OH is 1. The Morgan fingerprint density at radius 1 is 0.860 bits per heavy atom. The summed E-state index contributed by atoms with van der Waals surface area (Å²) < 4.78 is 15.0. The molecule has 1 fully saturated rings. The Morgan fingerprint density at radius 2 is 1.60 bits per heavy atom. The molecule has 0 radical (unpaired) electrons. The van der Waals surface area contributed by atoms with Crippen LogP contribution in [0.15, 0.2) is 102 Å². The number of nitrogens with zero attached hydrogens (tertiary/aromatic N) is 4. The third-order valence-electron chi connectivity index (χ3n) is 7.69. The Kier molecular flexibility index (Phi) is 8.82. The first-order valence-corrected chi connectivity index (χ1v) is 15.1. The number of ether oxygens (including phenoxy) is 2. The maximum absolute atomic E-state index is 9.69. The number of phenols is 1. The van der Waals surface area contributed by atoms with Crippen LogP contribution in [0.4, 0.5) is 0 Å². The number of tetrazole rings is 1. The van der Waals surface area contributed by atoms with E-state index in [9.17, 15) is 10.2 Å². The molecule has 0 bridgehead atoms. The number of hydrogen-bond donors (Lipinski definition) is 3. The van der Waals surface area contributed by atoms with Crippen molar-refractivity contribution >= 4 is 11.8 Å². The summed E-state index contributed by atoms with van der Waals surface area (Å²) in [5.41, 5.74) is 12.6. The van der Waals surface area contributed by atoms with Crippen LogP contribution >= 0.6 is 11.8 Å². The molecule has 4 atom stereocenters. The van der Waals surface area contributed by atoms with E-state index in [1.807, 2.05) is 48.5 Å². The third kappa shape index (κ3) is 6.48. The van der Waals surface area contributed by atoms with Crippen LogP contribution in [0.1, 0.15) is 41.6 Å². The first kappa shape index (κ1) is 29.0. The zero-order chi connectivity index (χ0) is 29.8. The first-order valence-electron chi connectivity index (χ1n) is 14.1. The number of thioether (sulfide) groups is 1. The zero-order valence-electron chi connectivity index (χ0n) is 23.7. The van der Waals surface area contributed by atoms with Gasteiger partial charge in [-0.2, -0.15) is 4.68 Å². The number of hydrogen-bond acceptors (Lipinski definition) is 9. The monoisotopic (exact) mass is 595 g/mol. The number of nitrogens with two attached hydrogens (primary N) is 1. The fourth-order valence-corrected chi connectivity index (χ4v) is 6.29. The average molecular weight is 596 g/mol. The fourth-order valence-electron chi connectivity index (χ4n) is 5.23. The predicted octanol–water partition coefficient (Wildman–Crippen LogP) is 5.57. The lowest BCUT2D eigenvalue weighted by Crippen LogP contribution is -2.38. The van der Waals surface area contributed by atoms with Crippen molar-refractivity contribution in [2.24, 2.45) is 11.7 Å². The Bertz CT molecular complexity index is 1660. The molecule has 0 spiro atoms. The Balaban J connectivity index is 1.28. The quantitative estimate of drug-likeness (QED) is 0.187. The second-order valence-electron chi connectivity index (χ2n) is 10.6. The molecule has 2 heterocycles. The summed E-state index contributed by atoms with van der Waals surface area (Å²) in [7, 11) is 0. The third-order valence-corrected chi connectivity index (χ3v) is 8.70. The number of aliphatic hydroxyl groups is 1. The van der Waals surface area contributed by atoms with Crippen molar-refractivity contribution in [3.8, 4) is 22.6 Å². The smallest absolute Gasteiger partial charge is 0.214 e. The second-order valence-corrected chi connectivity index (χ2v) is 11.5. The summed E-state index contributed by atoms with van der Waals surface area (Å²) in [4.78, 5) is 0.